The molecule has 0 aromatic carbocycles. The van der Waals surface area contributed by atoms with Crippen LogP contribution in [0.4, 0.5) is 0 Å². The Morgan fingerprint density at radius 3 is 2.85 bits per heavy atom. The predicted octanol–water partition coefficient (Wildman–Crippen LogP) is 3.33. The smallest absolute Gasteiger partial charge is 0.230 e. The van der Waals surface area contributed by atoms with E-state index < -0.39 is 0 Å². The topological polar surface area (TPSA) is 65.0 Å². The fraction of sp³-hybridized carbons (Fsp3) is 0.667. The van der Waals surface area contributed by atoms with Crippen molar-refractivity contribution in [1.82, 2.24) is 15.3 Å². The standard InChI is InChI=1S/C15H19N3O2/c1-2-4-10(5-3-1)12-9-13(12)15-16-14(18-20-15)8-11-6-7-19-17-11/h6-7,10,12-13H,1-5,8-9H2/t12-,13-/m1/s1. The largest absolute Gasteiger partial charge is 0.364 e. The highest BCUT2D eigenvalue weighted by atomic mass is 16.5. The summed E-state index contributed by atoms with van der Waals surface area (Å²) in [5.74, 6) is 3.73. The lowest BCUT2D eigenvalue weighted by Gasteiger charge is -2.21. The summed E-state index contributed by atoms with van der Waals surface area (Å²) >= 11 is 0. The zero-order valence-corrected chi connectivity index (χ0v) is 11.5. The molecule has 2 aromatic heterocycles. The van der Waals surface area contributed by atoms with Gasteiger partial charge >= 0.3 is 0 Å². The maximum Gasteiger partial charge on any atom is 0.230 e. The fourth-order valence-corrected chi connectivity index (χ4v) is 3.56. The van der Waals surface area contributed by atoms with Gasteiger partial charge in [0.25, 0.3) is 0 Å². The molecule has 2 atom stereocenters. The van der Waals surface area contributed by atoms with Crippen LogP contribution in [0.15, 0.2) is 21.4 Å². The molecule has 0 saturated heterocycles. The second-order valence-corrected chi connectivity index (χ2v) is 6.12. The second-order valence-electron chi connectivity index (χ2n) is 6.12. The van der Waals surface area contributed by atoms with Gasteiger partial charge < -0.3 is 9.05 Å². The normalized spacial score (nSPS) is 26.8. The maximum atomic E-state index is 5.44. The molecule has 2 aromatic rings. The van der Waals surface area contributed by atoms with Crippen LogP contribution in [0, 0.1) is 11.8 Å². The number of hydrogen-bond acceptors (Lipinski definition) is 5. The van der Waals surface area contributed by atoms with Crippen LogP contribution in [-0.4, -0.2) is 15.3 Å². The van der Waals surface area contributed by atoms with Gasteiger partial charge in [0.1, 0.15) is 6.26 Å². The van der Waals surface area contributed by atoms with E-state index in [-0.39, 0.29) is 0 Å². The number of aromatic nitrogens is 3. The third-order valence-electron chi connectivity index (χ3n) is 4.73. The van der Waals surface area contributed by atoms with Gasteiger partial charge in [-0.2, -0.15) is 4.98 Å². The monoisotopic (exact) mass is 273 g/mol. The molecular formula is C15H19N3O2. The van der Waals surface area contributed by atoms with Gasteiger partial charge in [-0.25, -0.2) is 0 Å². The Morgan fingerprint density at radius 2 is 2.05 bits per heavy atom. The molecule has 5 nitrogen and oxygen atoms in total. The molecule has 2 saturated carbocycles. The molecule has 0 spiro atoms. The highest BCUT2D eigenvalue weighted by Crippen LogP contribution is 2.54. The average Bonchev–Trinajstić information content (AvgIpc) is 2.89. The molecule has 0 aliphatic heterocycles. The van der Waals surface area contributed by atoms with Crippen molar-refractivity contribution in [3.8, 4) is 0 Å². The van der Waals surface area contributed by atoms with Crippen molar-refractivity contribution in [2.45, 2.75) is 50.9 Å². The molecule has 106 valence electrons. The van der Waals surface area contributed by atoms with Gasteiger partial charge in [0.05, 0.1) is 12.1 Å². The van der Waals surface area contributed by atoms with Crippen molar-refractivity contribution in [1.29, 1.82) is 0 Å². The summed E-state index contributed by atoms with van der Waals surface area (Å²) in [6.07, 6.45) is 10.4. The molecule has 0 unspecified atom stereocenters. The third-order valence-corrected chi connectivity index (χ3v) is 4.73. The molecule has 0 bridgehead atoms. The van der Waals surface area contributed by atoms with Crippen molar-refractivity contribution in [3.63, 3.8) is 0 Å². The van der Waals surface area contributed by atoms with Crippen LogP contribution in [0.1, 0.15) is 61.9 Å². The number of nitrogens with zero attached hydrogens (tertiary/aromatic N) is 3. The van der Waals surface area contributed by atoms with E-state index >= 15 is 0 Å². The molecule has 20 heavy (non-hydrogen) atoms. The van der Waals surface area contributed by atoms with E-state index in [1.807, 2.05) is 6.07 Å². The minimum Gasteiger partial charge on any atom is -0.364 e. The second kappa shape index (κ2) is 5.04. The summed E-state index contributed by atoms with van der Waals surface area (Å²) in [6, 6.07) is 1.83. The van der Waals surface area contributed by atoms with Crippen molar-refractivity contribution in [2.75, 3.05) is 0 Å². The first-order valence-electron chi connectivity index (χ1n) is 7.62. The Morgan fingerprint density at radius 1 is 1.15 bits per heavy atom. The zero-order valence-electron chi connectivity index (χ0n) is 11.5. The molecule has 0 amide bonds. The third kappa shape index (κ3) is 2.37. The molecule has 2 fully saturated rings. The molecular weight excluding hydrogens is 254 g/mol. The van der Waals surface area contributed by atoms with Gasteiger partial charge in [0.15, 0.2) is 5.82 Å². The summed E-state index contributed by atoms with van der Waals surface area (Å²) in [6.45, 7) is 0. The van der Waals surface area contributed by atoms with E-state index in [1.54, 1.807) is 6.26 Å². The summed E-state index contributed by atoms with van der Waals surface area (Å²) in [5, 5.41) is 7.94. The van der Waals surface area contributed by atoms with Crippen molar-refractivity contribution in [3.05, 3.63) is 29.7 Å². The van der Waals surface area contributed by atoms with E-state index in [4.69, 9.17) is 9.05 Å². The van der Waals surface area contributed by atoms with Crippen LogP contribution < -0.4 is 0 Å². The van der Waals surface area contributed by atoms with Gasteiger partial charge in [0.2, 0.25) is 5.89 Å². The first-order chi connectivity index (χ1) is 9.90. The van der Waals surface area contributed by atoms with E-state index in [0.29, 0.717) is 18.2 Å². The Kier molecular flexibility index (Phi) is 3.05. The average molecular weight is 273 g/mol. The van der Waals surface area contributed by atoms with Crippen LogP contribution in [0.25, 0.3) is 0 Å². The quantitative estimate of drug-likeness (QED) is 0.854. The van der Waals surface area contributed by atoms with Crippen LogP contribution in [0.2, 0.25) is 0 Å². The lowest BCUT2D eigenvalue weighted by molar-refractivity contribution is 0.305. The van der Waals surface area contributed by atoms with E-state index in [1.165, 1.54) is 38.5 Å². The van der Waals surface area contributed by atoms with Gasteiger partial charge in [-0.05, 0) is 18.3 Å². The molecule has 4 rings (SSSR count). The summed E-state index contributed by atoms with van der Waals surface area (Å²) in [5.41, 5.74) is 0.844. The zero-order chi connectivity index (χ0) is 13.4. The first-order valence-corrected chi connectivity index (χ1v) is 7.62. The molecule has 2 heterocycles. The fourth-order valence-electron chi connectivity index (χ4n) is 3.56. The molecule has 0 radical (unpaired) electrons. The highest BCUT2D eigenvalue weighted by molar-refractivity contribution is 5.11. The molecule has 0 N–H and O–H groups in total. The SMILES string of the molecule is c1cc(Cc2noc([C@@H]3C[C@@H]3C3CCCCC3)n2)no1. The predicted molar refractivity (Wildman–Crippen MR) is 71.0 cm³/mol. The lowest BCUT2D eigenvalue weighted by atomic mass is 9.85. The first kappa shape index (κ1) is 12.1. The van der Waals surface area contributed by atoms with E-state index in [0.717, 1.165) is 23.4 Å². The maximum absolute atomic E-state index is 5.44. The number of rotatable bonds is 4. The van der Waals surface area contributed by atoms with Gasteiger partial charge in [-0.3, -0.25) is 0 Å². The molecule has 2 aliphatic carbocycles. The Bertz CT molecular complexity index is 557. The van der Waals surface area contributed by atoms with Gasteiger partial charge in [-0.1, -0.05) is 42.4 Å². The van der Waals surface area contributed by atoms with Crippen LogP contribution in [0.5, 0.6) is 0 Å². The molecule has 2 aliphatic rings. The summed E-state index contributed by atoms with van der Waals surface area (Å²) < 4.78 is 10.3. The number of hydrogen-bond donors (Lipinski definition) is 0. The van der Waals surface area contributed by atoms with Crippen molar-refractivity contribution < 1.29 is 9.05 Å². The van der Waals surface area contributed by atoms with Crippen molar-refractivity contribution >= 4 is 0 Å². The van der Waals surface area contributed by atoms with Crippen LogP contribution in [0.3, 0.4) is 0 Å². The van der Waals surface area contributed by atoms with Crippen molar-refractivity contribution in [2.24, 2.45) is 11.8 Å². The van der Waals surface area contributed by atoms with E-state index in [2.05, 4.69) is 15.3 Å². The minimum absolute atomic E-state index is 0.511. The summed E-state index contributed by atoms with van der Waals surface area (Å²) in [7, 11) is 0. The Hall–Kier alpha value is -1.65. The minimum atomic E-state index is 0.511. The Balaban J connectivity index is 1.39. The van der Waals surface area contributed by atoms with E-state index in [9.17, 15) is 0 Å². The highest BCUT2D eigenvalue weighted by Gasteiger charge is 2.47. The Labute approximate surface area is 117 Å². The van der Waals surface area contributed by atoms with Crippen LogP contribution >= 0.6 is 0 Å². The molecule has 5 heteroatoms. The lowest BCUT2D eigenvalue weighted by Crippen LogP contribution is -2.09. The van der Waals surface area contributed by atoms with Crippen LogP contribution in [-0.2, 0) is 6.42 Å². The van der Waals surface area contributed by atoms with Gasteiger partial charge in [-0.15, -0.1) is 0 Å². The van der Waals surface area contributed by atoms with Gasteiger partial charge in [0, 0.05) is 12.0 Å². The summed E-state index contributed by atoms with van der Waals surface area (Å²) in [4.78, 5) is 4.53.